The summed E-state index contributed by atoms with van der Waals surface area (Å²) in [5, 5.41) is 7.40. The predicted molar refractivity (Wildman–Crippen MR) is 106 cm³/mol. The van der Waals surface area contributed by atoms with Gasteiger partial charge in [-0.2, -0.15) is 9.78 Å². The molecule has 0 spiro atoms. The quantitative estimate of drug-likeness (QED) is 0.578. The number of nitrogens with zero attached hydrogens (tertiary/aromatic N) is 3. The molecule has 0 bridgehead atoms. The molecule has 4 rings (SSSR count). The molecule has 6 heteroatoms. The molecule has 4 aromatic rings. The number of hydrogen-bond donors (Lipinski definition) is 1. The zero-order valence-corrected chi connectivity index (χ0v) is 15.3. The van der Waals surface area contributed by atoms with Crippen molar-refractivity contribution in [1.29, 1.82) is 0 Å². The molecule has 2 aromatic heterocycles. The number of methoxy groups -OCH3 is 1. The lowest BCUT2D eigenvalue weighted by molar-refractivity contribution is 0.415. The number of hydrogen-bond acceptors (Lipinski definition) is 5. The average Bonchev–Trinajstić information content (AvgIpc) is 3.29. The van der Waals surface area contributed by atoms with Crippen LogP contribution < -0.4 is 10.5 Å². The molecule has 26 heavy (non-hydrogen) atoms. The number of benzene rings is 2. The molecule has 0 amide bonds. The second kappa shape index (κ2) is 6.65. The van der Waals surface area contributed by atoms with Gasteiger partial charge in [0.15, 0.2) is 0 Å². The third-order valence-corrected chi connectivity index (χ3v) is 4.96. The van der Waals surface area contributed by atoms with Crippen LogP contribution in [0.1, 0.15) is 5.56 Å². The van der Waals surface area contributed by atoms with Crippen molar-refractivity contribution in [3.8, 4) is 33.4 Å². The maximum Gasteiger partial charge on any atom is 0.212 e. The fourth-order valence-corrected chi connectivity index (χ4v) is 3.47. The van der Waals surface area contributed by atoms with Gasteiger partial charge in [-0.25, -0.2) is 4.98 Å². The predicted octanol–water partition coefficient (Wildman–Crippen LogP) is 4.56. The molecule has 2 heterocycles. The molecule has 2 aromatic carbocycles. The Balaban J connectivity index is 1.66. The topological polar surface area (TPSA) is 66.0 Å². The van der Waals surface area contributed by atoms with Gasteiger partial charge in [-0.1, -0.05) is 29.8 Å². The monoisotopic (exact) mass is 362 g/mol. The molecule has 2 N–H and O–H groups in total. The lowest BCUT2D eigenvalue weighted by Gasteiger charge is -2.01. The van der Waals surface area contributed by atoms with Crippen LogP contribution in [-0.2, 0) is 0 Å². The SMILES string of the molecule is COc1ccc(-c2cc(N)n(-c3nc(-c4ccc(C)cc4)cs3)n2)cc1. The number of nitrogen functional groups attached to an aromatic ring is 1. The standard InChI is InChI=1S/C20H18N4OS/c1-13-3-5-15(6-4-13)18-12-26-20(22-18)24-19(21)11-17(23-24)14-7-9-16(25-2)10-8-14/h3-12H,21H2,1-2H3. The highest BCUT2D eigenvalue weighted by Gasteiger charge is 2.13. The van der Waals surface area contributed by atoms with Gasteiger partial charge in [0.25, 0.3) is 0 Å². The summed E-state index contributed by atoms with van der Waals surface area (Å²) in [6.45, 7) is 2.07. The normalized spacial score (nSPS) is 10.8. The van der Waals surface area contributed by atoms with Crippen LogP contribution in [0, 0.1) is 6.92 Å². The van der Waals surface area contributed by atoms with Crippen LogP contribution in [-0.4, -0.2) is 21.9 Å². The number of ether oxygens (including phenoxy) is 1. The Morgan fingerprint density at radius 3 is 2.31 bits per heavy atom. The van der Waals surface area contributed by atoms with Crippen LogP contribution in [0.3, 0.4) is 0 Å². The van der Waals surface area contributed by atoms with Crippen molar-refractivity contribution in [2.75, 3.05) is 12.8 Å². The van der Waals surface area contributed by atoms with Crippen LogP contribution in [0.2, 0.25) is 0 Å². The summed E-state index contributed by atoms with van der Waals surface area (Å²) in [4.78, 5) is 4.69. The highest BCUT2D eigenvalue weighted by Crippen LogP contribution is 2.28. The first-order valence-corrected chi connectivity index (χ1v) is 9.05. The van der Waals surface area contributed by atoms with Gasteiger partial charge in [0.1, 0.15) is 11.6 Å². The molecule has 0 aliphatic heterocycles. The smallest absolute Gasteiger partial charge is 0.212 e. The zero-order valence-electron chi connectivity index (χ0n) is 14.5. The number of anilines is 1. The van der Waals surface area contributed by atoms with Gasteiger partial charge in [-0.05, 0) is 31.2 Å². The number of rotatable bonds is 4. The van der Waals surface area contributed by atoms with Gasteiger partial charge < -0.3 is 10.5 Å². The molecule has 0 saturated carbocycles. The van der Waals surface area contributed by atoms with Crippen molar-refractivity contribution in [3.63, 3.8) is 0 Å². The third-order valence-electron chi connectivity index (χ3n) is 4.14. The summed E-state index contributed by atoms with van der Waals surface area (Å²) in [5.74, 6) is 1.37. The molecule has 0 radical (unpaired) electrons. The second-order valence-corrected chi connectivity index (χ2v) is 6.81. The van der Waals surface area contributed by atoms with E-state index >= 15 is 0 Å². The Morgan fingerprint density at radius 1 is 0.962 bits per heavy atom. The van der Waals surface area contributed by atoms with Gasteiger partial charge in [0.05, 0.1) is 18.5 Å². The lowest BCUT2D eigenvalue weighted by atomic mass is 10.1. The molecule has 0 atom stereocenters. The number of nitrogens with two attached hydrogens (primary N) is 1. The van der Waals surface area contributed by atoms with Crippen molar-refractivity contribution < 1.29 is 4.74 Å². The van der Waals surface area contributed by atoms with Gasteiger partial charge in [0, 0.05) is 22.6 Å². The van der Waals surface area contributed by atoms with Crippen molar-refractivity contribution in [2.24, 2.45) is 0 Å². The molecule has 0 saturated heterocycles. The highest BCUT2D eigenvalue weighted by molar-refractivity contribution is 7.12. The van der Waals surface area contributed by atoms with E-state index in [1.165, 1.54) is 16.9 Å². The number of aromatic nitrogens is 3. The van der Waals surface area contributed by atoms with Crippen LogP contribution in [0.4, 0.5) is 5.82 Å². The summed E-state index contributed by atoms with van der Waals surface area (Å²) in [6, 6.07) is 17.9. The van der Waals surface area contributed by atoms with Crippen LogP contribution in [0.15, 0.2) is 60.0 Å². The molecular formula is C20H18N4OS. The van der Waals surface area contributed by atoms with Gasteiger partial charge in [0.2, 0.25) is 5.13 Å². The molecular weight excluding hydrogens is 344 g/mol. The Labute approximate surface area is 155 Å². The Bertz CT molecular complexity index is 1030. The van der Waals surface area contributed by atoms with Gasteiger partial charge in [-0.3, -0.25) is 0 Å². The fourth-order valence-electron chi connectivity index (χ4n) is 2.67. The maximum atomic E-state index is 6.18. The first-order valence-electron chi connectivity index (χ1n) is 8.17. The Morgan fingerprint density at radius 2 is 1.62 bits per heavy atom. The minimum atomic E-state index is 0.556. The van der Waals surface area contributed by atoms with E-state index in [0.29, 0.717) is 5.82 Å². The molecule has 0 aliphatic carbocycles. The summed E-state index contributed by atoms with van der Waals surface area (Å²) >= 11 is 1.52. The molecule has 130 valence electrons. The second-order valence-electron chi connectivity index (χ2n) is 5.98. The van der Waals surface area contributed by atoms with Gasteiger partial charge >= 0.3 is 0 Å². The molecule has 0 fully saturated rings. The maximum absolute atomic E-state index is 6.18. The summed E-state index contributed by atoms with van der Waals surface area (Å²) in [7, 11) is 1.65. The van der Waals surface area contributed by atoms with E-state index in [0.717, 1.165) is 33.4 Å². The van der Waals surface area contributed by atoms with Crippen molar-refractivity contribution in [2.45, 2.75) is 6.92 Å². The first-order chi connectivity index (χ1) is 12.6. The minimum Gasteiger partial charge on any atom is -0.497 e. The van der Waals surface area contributed by atoms with Crippen molar-refractivity contribution in [3.05, 3.63) is 65.5 Å². The van der Waals surface area contributed by atoms with E-state index in [9.17, 15) is 0 Å². The zero-order chi connectivity index (χ0) is 18.1. The third kappa shape index (κ3) is 3.07. The van der Waals surface area contributed by atoms with E-state index < -0.39 is 0 Å². The fraction of sp³-hybridized carbons (Fsp3) is 0.100. The van der Waals surface area contributed by atoms with E-state index in [1.807, 2.05) is 35.7 Å². The number of aryl methyl sites for hydroxylation is 1. The van der Waals surface area contributed by atoms with Crippen LogP contribution in [0.25, 0.3) is 27.6 Å². The summed E-state index contributed by atoms with van der Waals surface area (Å²) in [6.07, 6.45) is 0. The largest absolute Gasteiger partial charge is 0.497 e. The van der Waals surface area contributed by atoms with Crippen molar-refractivity contribution >= 4 is 17.2 Å². The first kappa shape index (κ1) is 16.4. The molecule has 0 unspecified atom stereocenters. The molecule has 0 aliphatic rings. The van der Waals surface area contributed by atoms with Crippen LogP contribution in [0.5, 0.6) is 5.75 Å². The average molecular weight is 362 g/mol. The lowest BCUT2D eigenvalue weighted by Crippen LogP contribution is -2.01. The van der Waals surface area contributed by atoms with Crippen LogP contribution >= 0.6 is 11.3 Å². The minimum absolute atomic E-state index is 0.556. The number of thiazole rings is 1. The van der Waals surface area contributed by atoms with Gasteiger partial charge in [-0.15, -0.1) is 11.3 Å². The Kier molecular flexibility index (Phi) is 4.18. The van der Waals surface area contributed by atoms with E-state index in [2.05, 4.69) is 36.3 Å². The Hall–Kier alpha value is -3.12. The van der Waals surface area contributed by atoms with E-state index in [1.54, 1.807) is 11.8 Å². The summed E-state index contributed by atoms with van der Waals surface area (Å²) in [5.41, 5.74) is 11.2. The highest BCUT2D eigenvalue weighted by atomic mass is 32.1. The van der Waals surface area contributed by atoms with E-state index in [-0.39, 0.29) is 0 Å². The molecule has 5 nitrogen and oxygen atoms in total. The van der Waals surface area contributed by atoms with E-state index in [4.69, 9.17) is 15.5 Å². The van der Waals surface area contributed by atoms with Crippen molar-refractivity contribution in [1.82, 2.24) is 14.8 Å². The summed E-state index contributed by atoms with van der Waals surface area (Å²) < 4.78 is 6.88.